The van der Waals surface area contributed by atoms with Gasteiger partial charge in [0.15, 0.2) is 16.7 Å². The van der Waals surface area contributed by atoms with E-state index in [1.165, 1.54) is 50.5 Å². The van der Waals surface area contributed by atoms with Gasteiger partial charge in [-0.3, -0.25) is 0 Å². The van der Waals surface area contributed by atoms with Crippen LogP contribution in [0.2, 0.25) is 0 Å². The van der Waals surface area contributed by atoms with Crippen molar-refractivity contribution < 1.29 is 9.13 Å². The molecule has 0 unspecified atom stereocenters. The summed E-state index contributed by atoms with van der Waals surface area (Å²) in [6.45, 7) is 6.82. The van der Waals surface area contributed by atoms with E-state index >= 15 is 0 Å². The van der Waals surface area contributed by atoms with Crippen molar-refractivity contribution in [3.63, 3.8) is 0 Å². The van der Waals surface area contributed by atoms with Gasteiger partial charge in [-0.05, 0) is 61.2 Å². The van der Waals surface area contributed by atoms with E-state index in [1.807, 2.05) is 0 Å². The molecule has 0 N–H and O–H groups in total. The molecule has 5 rings (SSSR count). The maximum Gasteiger partial charge on any atom is 0.355 e. The summed E-state index contributed by atoms with van der Waals surface area (Å²) in [6.07, 6.45) is 0. The number of pyridine rings is 1. The Morgan fingerprint density at radius 2 is 1.21 bits per heavy atom. The highest BCUT2D eigenvalue weighted by atomic mass is 15.2. The van der Waals surface area contributed by atoms with Gasteiger partial charge in [0.05, 0.1) is 14.1 Å². The fraction of sp³-hybridized carbons (Fsp3) is 0.226. The molecule has 0 fully saturated rings. The Labute approximate surface area is 202 Å². The Morgan fingerprint density at radius 3 is 1.79 bits per heavy atom. The maximum absolute atomic E-state index is 2.38. The Kier molecular flexibility index (Phi) is 5.36. The number of fused-ring (bicyclic) bond motifs is 1. The lowest BCUT2D eigenvalue weighted by molar-refractivity contribution is -0.687. The van der Waals surface area contributed by atoms with Gasteiger partial charge < -0.3 is 0 Å². The van der Waals surface area contributed by atoms with Crippen molar-refractivity contribution in [3.8, 4) is 11.5 Å². The van der Waals surface area contributed by atoms with Gasteiger partial charge in [0.25, 0.3) is 5.69 Å². The molecule has 0 aliphatic carbocycles. The second kappa shape index (κ2) is 8.25. The molecule has 170 valence electrons. The van der Waals surface area contributed by atoms with E-state index in [2.05, 4.69) is 147 Å². The molecule has 0 bridgehead atoms. The van der Waals surface area contributed by atoms with Crippen molar-refractivity contribution in [2.24, 2.45) is 21.1 Å². The molecule has 34 heavy (non-hydrogen) atoms. The van der Waals surface area contributed by atoms with Gasteiger partial charge in [0.2, 0.25) is 0 Å². The van der Waals surface area contributed by atoms with Gasteiger partial charge in [0, 0.05) is 12.1 Å². The summed E-state index contributed by atoms with van der Waals surface area (Å²) in [5, 5.41) is 0. The molecule has 2 aromatic heterocycles. The summed E-state index contributed by atoms with van der Waals surface area (Å²) in [4.78, 5) is 0. The first kappa shape index (κ1) is 22.1. The molecule has 5 aromatic rings. The number of nitrogens with zero attached hydrogens (tertiary/aromatic N) is 3. The molecule has 3 heteroatoms. The predicted octanol–water partition coefficient (Wildman–Crippen LogP) is 5.47. The molecule has 0 atom stereocenters. The molecule has 0 spiro atoms. The third kappa shape index (κ3) is 3.19. The van der Waals surface area contributed by atoms with Crippen molar-refractivity contribution in [2.45, 2.75) is 26.2 Å². The van der Waals surface area contributed by atoms with Crippen LogP contribution in [-0.4, -0.2) is 4.57 Å². The summed E-state index contributed by atoms with van der Waals surface area (Å²) < 4.78 is 6.98. The Balaban J connectivity index is 1.84. The molecule has 2 heterocycles. The van der Waals surface area contributed by atoms with Crippen LogP contribution < -0.4 is 9.13 Å². The van der Waals surface area contributed by atoms with Crippen molar-refractivity contribution in [3.05, 3.63) is 119 Å². The first-order valence-corrected chi connectivity index (χ1v) is 11.9. The molecular weight excluding hydrogens is 414 g/mol. The molecule has 0 aliphatic rings. The highest BCUT2D eigenvalue weighted by Gasteiger charge is 2.42. The van der Waals surface area contributed by atoms with Gasteiger partial charge in [-0.1, -0.05) is 60.7 Å². The van der Waals surface area contributed by atoms with Gasteiger partial charge in [-0.25, -0.2) is 9.13 Å². The van der Waals surface area contributed by atoms with E-state index in [9.17, 15) is 0 Å². The van der Waals surface area contributed by atoms with Crippen LogP contribution in [0, 0.1) is 13.8 Å². The first-order chi connectivity index (χ1) is 16.4. The number of benzene rings is 3. The molecule has 0 radical (unpaired) electrons. The van der Waals surface area contributed by atoms with Crippen LogP contribution in [0.15, 0.2) is 91.0 Å². The van der Waals surface area contributed by atoms with E-state index < -0.39 is 0 Å². The number of para-hydroxylation sites is 2. The minimum Gasteiger partial charge on any atom is -0.220 e. The molecule has 3 aromatic carbocycles. The maximum atomic E-state index is 2.38. The van der Waals surface area contributed by atoms with Gasteiger partial charge >= 0.3 is 5.82 Å². The number of hydrogen-bond acceptors (Lipinski definition) is 0. The third-order valence-electron chi connectivity index (χ3n) is 7.58. The average Bonchev–Trinajstić information content (AvgIpc) is 3.09. The van der Waals surface area contributed by atoms with Crippen molar-refractivity contribution >= 4 is 11.0 Å². The summed E-state index contributed by atoms with van der Waals surface area (Å²) >= 11 is 0. The van der Waals surface area contributed by atoms with Crippen molar-refractivity contribution in [2.75, 3.05) is 0 Å². The largest absolute Gasteiger partial charge is 0.355 e. The van der Waals surface area contributed by atoms with Gasteiger partial charge in [0.1, 0.15) is 12.5 Å². The fourth-order valence-corrected chi connectivity index (χ4v) is 5.83. The highest BCUT2D eigenvalue weighted by Crippen LogP contribution is 2.40. The zero-order valence-electron chi connectivity index (χ0n) is 21.0. The molecule has 0 saturated carbocycles. The van der Waals surface area contributed by atoms with Gasteiger partial charge in [-0.2, -0.15) is 4.57 Å². The summed E-state index contributed by atoms with van der Waals surface area (Å²) in [5.74, 6) is 1.18. The summed E-state index contributed by atoms with van der Waals surface area (Å²) in [7, 11) is 6.52. The van der Waals surface area contributed by atoms with Crippen molar-refractivity contribution in [1.82, 2.24) is 4.57 Å². The lowest BCUT2D eigenvalue weighted by Gasteiger charge is -2.31. The van der Waals surface area contributed by atoms with E-state index in [1.54, 1.807) is 0 Å². The minimum absolute atomic E-state index is 0.315. The molecule has 3 nitrogen and oxygen atoms in total. The minimum atomic E-state index is -0.315. The standard InChI is InChI=1S/C31H33N3/c1-22-14-7-9-16-24(22)31(3,25-17-10-8-15-23(25)2)29-21-13-20-28(32(29)4)30-33(5)26-18-11-12-19-27(26)34(30)6/h7-21H,1-6H3/q+2. The highest BCUT2D eigenvalue weighted by molar-refractivity contribution is 5.74. The SMILES string of the molecule is Cc1ccccc1C(C)(c1ccccc1C)c1cccc(-c2n(C)c3ccccc3[n+]2C)[n+]1C. The second-order valence-corrected chi connectivity index (χ2v) is 9.54. The Hall–Kier alpha value is -3.72. The zero-order chi connectivity index (χ0) is 24.0. The smallest absolute Gasteiger partial charge is 0.220 e. The number of aryl methyl sites for hydroxylation is 4. The number of rotatable bonds is 4. The Morgan fingerprint density at radius 1 is 0.647 bits per heavy atom. The van der Waals surface area contributed by atoms with E-state index in [0.29, 0.717) is 0 Å². The van der Waals surface area contributed by atoms with Crippen LogP contribution in [-0.2, 0) is 26.6 Å². The fourth-order valence-electron chi connectivity index (χ4n) is 5.83. The second-order valence-electron chi connectivity index (χ2n) is 9.54. The summed E-state index contributed by atoms with van der Waals surface area (Å²) in [5.41, 5.74) is 9.85. The predicted molar refractivity (Wildman–Crippen MR) is 139 cm³/mol. The van der Waals surface area contributed by atoms with Crippen LogP contribution in [0.5, 0.6) is 0 Å². The topological polar surface area (TPSA) is 12.7 Å². The monoisotopic (exact) mass is 447 g/mol. The molecule has 0 saturated heterocycles. The van der Waals surface area contributed by atoms with Gasteiger partial charge in [-0.15, -0.1) is 0 Å². The van der Waals surface area contributed by atoms with Crippen LogP contribution in [0.1, 0.15) is 34.9 Å². The molecule has 0 aliphatic heterocycles. The quantitative estimate of drug-likeness (QED) is 0.324. The molecular formula is C31H33N3+2. The van der Waals surface area contributed by atoms with Crippen molar-refractivity contribution in [1.29, 1.82) is 0 Å². The normalized spacial score (nSPS) is 11.8. The first-order valence-electron chi connectivity index (χ1n) is 11.9. The number of hydrogen-bond donors (Lipinski definition) is 0. The van der Waals surface area contributed by atoms with Crippen LogP contribution >= 0.6 is 0 Å². The summed E-state index contributed by atoms with van der Waals surface area (Å²) in [6, 6.07) is 32.9. The zero-order valence-corrected chi connectivity index (χ0v) is 21.0. The van der Waals surface area contributed by atoms with Crippen LogP contribution in [0.25, 0.3) is 22.6 Å². The lowest BCUT2D eigenvalue weighted by Crippen LogP contribution is -2.47. The van der Waals surface area contributed by atoms with Crippen LogP contribution in [0.4, 0.5) is 0 Å². The Bertz CT molecular complexity index is 1440. The lowest BCUT2D eigenvalue weighted by atomic mass is 9.70. The van der Waals surface area contributed by atoms with E-state index in [4.69, 9.17) is 0 Å². The van der Waals surface area contributed by atoms with E-state index in [0.717, 1.165) is 0 Å². The molecule has 0 amide bonds. The third-order valence-corrected chi connectivity index (χ3v) is 7.58. The average molecular weight is 448 g/mol. The van der Waals surface area contributed by atoms with E-state index in [-0.39, 0.29) is 5.41 Å². The number of aromatic nitrogens is 3. The van der Waals surface area contributed by atoms with Crippen LogP contribution in [0.3, 0.4) is 0 Å². The number of imidazole rings is 1.